The predicted octanol–water partition coefficient (Wildman–Crippen LogP) is 3.87. The van der Waals surface area contributed by atoms with Crippen LogP contribution in [0.4, 0.5) is 4.79 Å². The Morgan fingerprint density at radius 3 is 2.29 bits per heavy atom. The van der Waals surface area contributed by atoms with E-state index >= 15 is 0 Å². The Kier molecular flexibility index (Phi) is 6.40. The molecular weight excluding hydrogens is 266 g/mol. The number of benzene rings is 1. The van der Waals surface area contributed by atoms with Crippen molar-refractivity contribution in [1.82, 2.24) is 5.32 Å². The first-order valence-electron chi connectivity index (χ1n) is 7.34. The van der Waals surface area contributed by atoms with Gasteiger partial charge in [0.1, 0.15) is 5.60 Å². The molecule has 21 heavy (non-hydrogen) atoms. The second-order valence-electron chi connectivity index (χ2n) is 6.17. The Bertz CT molecular complexity index is 472. The van der Waals surface area contributed by atoms with Gasteiger partial charge in [-0.3, -0.25) is 4.79 Å². The van der Waals surface area contributed by atoms with Crippen LogP contribution in [0.15, 0.2) is 24.3 Å². The zero-order valence-corrected chi connectivity index (χ0v) is 13.4. The fourth-order valence-electron chi connectivity index (χ4n) is 1.80. The molecule has 0 saturated heterocycles. The molecule has 0 aromatic heterocycles. The van der Waals surface area contributed by atoms with Crippen LogP contribution in [-0.2, 0) is 4.74 Å². The molecule has 116 valence electrons. The molecule has 0 aliphatic heterocycles. The Labute approximate surface area is 126 Å². The summed E-state index contributed by atoms with van der Waals surface area (Å²) < 4.78 is 5.13. The minimum absolute atomic E-state index is 0.146. The van der Waals surface area contributed by atoms with Crippen LogP contribution in [-0.4, -0.2) is 24.0 Å². The van der Waals surface area contributed by atoms with E-state index in [0.717, 1.165) is 24.0 Å². The van der Waals surface area contributed by atoms with Crippen molar-refractivity contribution in [2.75, 3.05) is 6.54 Å². The number of ether oxygens (including phenoxy) is 1. The number of aryl methyl sites for hydroxylation is 1. The number of nitrogens with one attached hydrogen (secondary N) is 1. The van der Waals surface area contributed by atoms with Crippen molar-refractivity contribution in [3.05, 3.63) is 35.4 Å². The zero-order valence-electron chi connectivity index (χ0n) is 13.4. The minimum atomic E-state index is -0.481. The highest BCUT2D eigenvalue weighted by molar-refractivity contribution is 5.96. The van der Waals surface area contributed by atoms with Crippen molar-refractivity contribution in [3.8, 4) is 0 Å². The Hall–Kier alpha value is -1.84. The van der Waals surface area contributed by atoms with E-state index in [1.807, 2.05) is 52.0 Å². The number of unbranched alkanes of at least 4 members (excludes halogenated alkanes) is 1. The third-order valence-corrected chi connectivity index (χ3v) is 2.87. The van der Waals surface area contributed by atoms with Gasteiger partial charge < -0.3 is 10.1 Å². The van der Waals surface area contributed by atoms with Crippen LogP contribution in [0, 0.1) is 6.92 Å². The van der Waals surface area contributed by atoms with E-state index in [-0.39, 0.29) is 5.78 Å². The first-order valence-corrected chi connectivity index (χ1v) is 7.34. The smallest absolute Gasteiger partial charge is 0.407 e. The van der Waals surface area contributed by atoms with Crippen LogP contribution < -0.4 is 5.32 Å². The van der Waals surface area contributed by atoms with E-state index in [1.54, 1.807) is 0 Å². The lowest BCUT2D eigenvalue weighted by molar-refractivity contribution is 0.0527. The number of carbonyl (C=O) groups excluding carboxylic acids is 2. The van der Waals surface area contributed by atoms with Crippen LogP contribution in [0.5, 0.6) is 0 Å². The largest absolute Gasteiger partial charge is 0.444 e. The average molecular weight is 291 g/mol. The zero-order chi connectivity index (χ0) is 15.9. The molecule has 0 aliphatic rings. The number of hydrogen-bond donors (Lipinski definition) is 1. The lowest BCUT2D eigenvalue weighted by Gasteiger charge is -2.19. The van der Waals surface area contributed by atoms with Crippen molar-refractivity contribution < 1.29 is 14.3 Å². The maximum atomic E-state index is 11.9. The summed E-state index contributed by atoms with van der Waals surface area (Å²) in [5, 5.41) is 2.69. The Morgan fingerprint density at radius 2 is 1.71 bits per heavy atom. The summed E-state index contributed by atoms with van der Waals surface area (Å²) in [6, 6.07) is 7.60. The molecule has 4 nitrogen and oxygen atoms in total. The monoisotopic (exact) mass is 291 g/mol. The van der Waals surface area contributed by atoms with E-state index in [1.165, 1.54) is 0 Å². The molecule has 0 bridgehead atoms. The number of ketones is 1. The molecule has 1 aromatic carbocycles. The SMILES string of the molecule is Cc1ccc(C(=O)CCCCNC(=O)OC(C)(C)C)cc1. The van der Waals surface area contributed by atoms with E-state index in [2.05, 4.69) is 5.32 Å². The molecule has 1 N–H and O–H groups in total. The van der Waals surface area contributed by atoms with Gasteiger partial charge in [0.2, 0.25) is 0 Å². The number of hydrogen-bond acceptors (Lipinski definition) is 3. The summed E-state index contributed by atoms with van der Waals surface area (Å²) in [5.41, 5.74) is 1.42. The molecule has 0 fully saturated rings. The fourth-order valence-corrected chi connectivity index (χ4v) is 1.80. The molecule has 0 atom stereocenters. The summed E-state index contributed by atoms with van der Waals surface area (Å²) in [7, 11) is 0. The normalized spacial score (nSPS) is 11.0. The summed E-state index contributed by atoms with van der Waals surface area (Å²) in [6.07, 6.45) is 1.60. The second kappa shape index (κ2) is 7.81. The molecule has 4 heteroatoms. The van der Waals surface area contributed by atoms with E-state index in [0.29, 0.717) is 13.0 Å². The molecule has 1 rings (SSSR count). The van der Waals surface area contributed by atoms with Crippen molar-refractivity contribution in [3.63, 3.8) is 0 Å². The van der Waals surface area contributed by atoms with Gasteiger partial charge in [-0.1, -0.05) is 29.8 Å². The highest BCUT2D eigenvalue weighted by Crippen LogP contribution is 2.09. The molecular formula is C17H25NO3. The number of alkyl carbamates (subject to hydrolysis) is 1. The lowest BCUT2D eigenvalue weighted by atomic mass is 10.0. The quantitative estimate of drug-likeness (QED) is 0.639. The maximum Gasteiger partial charge on any atom is 0.407 e. The van der Waals surface area contributed by atoms with Gasteiger partial charge in [0, 0.05) is 18.5 Å². The standard InChI is InChI=1S/C17H25NO3/c1-13-8-10-14(11-9-13)15(19)7-5-6-12-18-16(20)21-17(2,3)4/h8-11H,5-7,12H2,1-4H3,(H,18,20). The maximum absolute atomic E-state index is 11.9. The lowest BCUT2D eigenvalue weighted by Crippen LogP contribution is -2.33. The summed E-state index contributed by atoms with van der Waals surface area (Å²) in [4.78, 5) is 23.3. The first-order chi connectivity index (χ1) is 9.78. The number of Topliss-reactive ketones (excluding diaryl/α,β-unsaturated/α-hetero) is 1. The molecule has 0 radical (unpaired) electrons. The highest BCUT2D eigenvalue weighted by atomic mass is 16.6. The van der Waals surface area contributed by atoms with Gasteiger partial charge in [-0.15, -0.1) is 0 Å². The molecule has 0 spiro atoms. The van der Waals surface area contributed by atoms with Crippen LogP contribution in [0.1, 0.15) is 56.0 Å². The highest BCUT2D eigenvalue weighted by Gasteiger charge is 2.15. The van der Waals surface area contributed by atoms with Gasteiger partial charge in [0.25, 0.3) is 0 Å². The van der Waals surface area contributed by atoms with Gasteiger partial charge in [-0.05, 0) is 40.5 Å². The summed E-state index contributed by atoms with van der Waals surface area (Å²) >= 11 is 0. The van der Waals surface area contributed by atoms with Crippen molar-refractivity contribution in [2.24, 2.45) is 0 Å². The minimum Gasteiger partial charge on any atom is -0.444 e. The van der Waals surface area contributed by atoms with Gasteiger partial charge in [0.15, 0.2) is 5.78 Å². The van der Waals surface area contributed by atoms with Crippen LogP contribution in [0.25, 0.3) is 0 Å². The summed E-state index contributed by atoms with van der Waals surface area (Å²) in [6.45, 7) is 8.00. The number of rotatable bonds is 6. The van der Waals surface area contributed by atoms with Crippen LogP contribution in [0.3, 0.4) is 0 Å². The van der Waals surface area contributed by atoms with Gasteiger partial charge in [0.05, 0.1) is 0 Å². The van der Waals surface area contributed by atoms with Gasteiger partial charge in [-0.2, -0.15) is 0 Å². The Morgan fingerprint density at radius 1 is 1.10 bits per heavy atom. The van der Waals surface area contributed by atoms with Crippen LogP contribution >= 0.6 is 0 Å². The van der Waals surface area contributed by atoms with Gasteiger partial charge >= 0.3 is 6.09 Å². The molecule has 0 unspecified atom stereocenters. The molecule has 0 aliphatic carbocycles. The topological polar surface area (TPSA) is 55.4 Å². The van der Waals surface area contributed by atoms with Gasteiger partial charge in [-0.25, -0.2) is 4.79 Å². The number of carbonyl (C=O) groups is 2. The van der Waals surface area contributed by atoms with E-state index in [9.17, 15) is 9.59 Å². The van der Waals surface area contributed by atoms with Crippen molar-refractivity contribution in [1.29, 1.82) is 0 Å². The van der Waals surface area contributed by atoms with Crippen molar-refractivity contribution in [2.45, 2.75) is 52.6 Å². The first kappa shape index (κ1) is 17.2. The molecule has 1 amide bonds. The average Bonchev–Trinajstić information content (AvgIpc) is 2.36. The molecule has 0 heterocycles. The number of amides is 1. The molecule has 0 saturated carbocycles. The predicted molar refractivity (Wildman–Crippen MR) is 83.6 cm³/mol. The third kappa shape index (κ3) is 7.49. The third-order valence-electron chi connectivity index (χ3n) is 2.87. The fraction of sp³-hybridized carbons (Fsp3) is 0.529. The van der Waals surface area contributed by atoms with E-state index < -0.39 is 11.7 Å². The second-order valence-corrected chi connectivity index (χ2v) is 6.17. The van der Waals surface area contributed by atoms with Crippen molar-refractivity contribution >= 4 is 11.9 Å². The Balaban J connectivity index is 2.18. The summed E-state index contributed by atoms with van der Waals surface area (Å²) in [5.74, 6) is 0.146. The molecule has 1 aromatic rings. The van der Waals surface area contributed by atoms with E-state index in [4.69, 9.17) is 4.74 Å². The van der Waals surface area contributed by atoms with Crippen LogP contribution in [0.2, 0.25) is 0 Å².